The van der Waals surface area contributed by atoms with Crippen LogP contribution in [0, 0.1) is 10.1 Å². The number of hydrogen-bond donors (Lipinski definition) is 1. The highest BCUT2D eigenvalue weighted by molar-refractivity contribution is 5.97. The first-order valence-electron chi connectivity index (χ1n) is 8.13. The summed E-state index contributed by atoms with van der Waals surface area (Å²) in [7, 11) is 1.59. The molecule has 0 bridgehead atoms. The number of nitro benzene ring substituents is 1. The highest BCUT2D eigenvalue weighted by Crippen LogP contribution is 2.14. The number of carbonyl (C=O) groups excluding carboxylic acids is 1. The Labute approximate surface area is 159 Å². The fraction of sp³-hybridized carbons (Fsp3) is 0.316. The monoisotopic (exact) mass is 378 g/mol. The fourth-order valence-electron chi connectivity index (χ4n) is 2.42. The van der Waals surface area contributed by atoms with Crippen molar-refractivity contribution in [2.75, 3.05) is 13.7 Å². The van der Waals surface area contributed by atoms with E-state index >= 15 is 0 Å². The molecule has 0 aliphatic heterocycles. The van der Waals surface area contributed by atoms with Crippen molar-refractivity contribution in [2.45, 2.75) is 25.8 Å². The molecule has 0 fully saturated rings. The van der Waals surface area contributed by atoms with Gasteiger partial charge in [-0.3, -0.25) is 14.9 Å². The molecule has 140 valence electrons. The van der Waals surface area contributed by atoms with E-state index in [1.165, 1.54) is 12.1 Å². The lowest BCUT2D eigenvalue weighted by molar-refractivity contribution is -0.384. The zero-order valence-corrected chi connectivity index (χ0v) is 15.6. The van der Waals surface area contributed by atoms with Crippen LogP contribution in [0.3, 0.4) is 0 Å². The van der Waals surface area contributed by atoms with Crippen molar-refractivity contribution in [2.24, 2.45) is 0 Å². The lowest BCUT2D eigenvalue weighted by Crippen LogP contribution is -2.31. The zero-order chi connectivity index (χ0) is 18.2. The van der Waals surface area contributed by atoms with Gasteiger partial charge >= 0.3 is 0 Å². The number of ether oxygens (including phenoxy) is 1. The van der Waals surface area contributed by atoms with Gasteiger partial charge in [-0.1, -0.05) is 12.1 Å². The van der Waals surface area contributed by atoms with Crippen LogP contribution in [-0.2, 0) is 6.42 Å². The molecule has 0 spiro atoms. The molecule has 2 aromatic carbocycles. The molecule has 7 heteroatoms. The van der Waals surface area contributed by atoms with E-state index in [0.717, 1.165) is 24.2 Å². The Balaban J connectivity index is 0.00000338. The maximum absolute atomic E-state index is 12.2. The molecule has 2 rings (SSSR count). The van der Waals surface area contributed by atoms with E-state index < -0.39 is 4.92 Å². The summed E-state index contributed by atoms with van der Waals surface area (Å²) in [5.41, 5.74) is 1.79. The maximum atomic E-state index is 12.2. The molecule has 1 N–H and O–H groups in total. The molecule has 0 aromatic heterocycles. The van der Waals surface area contributed by atoms with E-state index in [1.54, 1.807) is 43.5 Å². The van der Waals surface area contributed by atoms with Crippen molar-refractivity contribution < 1.29 is 14.5 Å². The van der Waals surface area contributed by atoms with Crippen LogP contribution < -0.4 is 10.1 Å². The molecule has 1 atom stereocenters. The summed E-state index contributed by atoms with van der Waals surface area (Å²) in [5.74, 6) is 0.755. The van der Waals surface area contributed by atoms with Crippen molar-refractivity contribution in [3.63, 3.8) is 0 Å². The minimum absolute atomic E-state index is 0. The molecule has 0 amide bonds. The molecule has 1 unspecified atom stereocenters. The average Bonchev–Trinajstić information content (AvgIpc) is 2.64. The van der Waals surface area contributed by atoms with Crippen LogP contribution in [0.5, 0.6) is 5.75 Å². The molecule has 0 aliphatic rings. The van der Waals surface area contributed by atoms with Gasteiger partial charge in [0.2, 0.25) is 0 Å². The van der Waals surface area contributed by atoms with Crippen LogP contribution in [-0.4, -0.2) is 30.4 Å². The number of nitro groups is 1. The molecular weight excluding hydrogens is 356 g/mol. The Morgan fingerprint density at radius 2 is 1.77 bits per heavy atom. The molecular formula is C19H23ClN2O4. The fourth-order valence-corrected chi connectivity index (χ4v) is 2.42. The average molecular weight is 379 g/mol. The minimum atomic E-state index is -0.404. The topological polar surface area (TPSA) is 81.5 Å². The van der Waals surface area contributed by atoms with Gasteiger partial charge in [0.1, 0.15) is 5.75 Å². The smallest absolute Gasteiger partial charge is 0.269 e. The number of halogens is 1. The summed E-state index contributed by atoms with van der Waals surface area (Å²) < 4.78 is 5.08. The highest BCUT2D eigenvalue weighted by atomic mass is 35.5. The van der Waals surface area contributed by atoms with Crippen LogP contribution in [0.2, 0.25) is 0 Å². The largest absolute Gasteiger partial charge is 0.497 e. The Morgan fingerprint density at radius 1 is 1.15 bits per heavy atom. The van der Waals surface area contributed by atoms with Gasteiger partial charge in [0, 0.05) is 23.7 Å². The van der Waals surface area contributed by atoms with E-state index in [0.29, 0.717) is 5.56 Å². The van der Waals surface area contributed by atoms with E-state index in [4.69, 9.17) is 4.74 Å². The molecule has 0 aliphatic carbocycles. The minimum Gasteiger partial charge on any atom is -0.497 e. The molecule has 0 saturated heterocycles. The number of methoxy groups -OCH3 is 1. The third kappa shape index (κ3) is 6.46. The van der Waals surface area contributed by atoms with Crippen molar-refractivity contribution >= 4 is 23.9 Å². The van der Waals surface area contributed by atoms with Gasteiger partial charge in [-0.2, -0.15) is 0 Å². The van der Waals surface area contributed by atoms with Crippen molar-refractivity contribution in [1.82, 2.24) is 5.32 Å². The first-order valence-corrected chi connectivity index (χ1v) is 8.13. The third-order valence-corrected chi connectivity index (χ3v) is 4.04. The van der Waals surface area contributed by atoms with Gasteiger partial charge in [0.25, 0.3) is 5.69 Å². The zero-order valence-electron chi connectivity index (χ0n) is 14.8. The Hall–Kier alpha value is -2.44. The first-order chi connectivity index (χ1) is 12.0. The Morgan fingerprint density at radius 3 is 2.31 bits per heavy atom. The molecule has 2 aromatic rings. The second kappa shape index (κ2) is 10.5. The number of non-ortho nitro benzene ring substituents is 1. The predicted molar refractivity (Wildman–Crippen MR) is 103 cm³/mol. The van der Waals surface area contributed by atoms with Crippen LogP contribution in [0.4, 0.5) is 5.69 Å². The van der Waals surface area contributed by atoms with Crippen LogP contribution in [0.25, 0.3) is 0 Å². The molecule has 0 saturated carbocycles. The number of carbonyl (C=O) groups is 1. The van der Waals surface area contributed by atoms with Gasteiger partial charge in [-0.25, -0.2) is 0 Å². The summed E-state index contributed by atoms with van der Waals surface area (Å²) >= 11 is 0. The van der Waals surface area contributed by atoms with Gasteiger partial charge in [0.15, 0.2) is 5.78 Å². The van der Waals surface area contributed by atoms with Crippen molar-refractivity contribution in [3.8, 4) is 5.75 Å². The molecule has 6 nitrogen and oxygen atoms in total. The number of benzene rings is 2. The van der Waals surface area contributed by atoms with Gasteiger partial charge in [0.05, 0.1) is 18.6 Å². The first kappa shape index (κ1) is 21.6. The Bertz CT molecular complexity index is 717. The number of rotatable bonds is 9. The normalized spacial score (nSPS) is 11.3. The third-order valence-electron chi connectivity index (χ3n) is 4.04. The van der Waals surface area contributed by atoms with Gasteiger partial charge < -0.3 is 10.1 Å². The molecule has 0 heterocycles. The molecule has 0 radical (unpaired) electrons. The summed E-state index contributed by atoms with van der Waals surface area (Å²) in [6.45, 7) is 2.29. The summed E-state index contributed by atoms with van der Waals surface area (Å²) in [6, 6.07) is 13.8. The number of ketones is 1. The second-order valence-electron chi connectivity index (χ2n) is 5.90. The van der Waals surface area contributed by atoms with Gasteiger partial charge in [-0.05, 0) is 49.6 Å². The van der Waals surface area contributed by atoms with E-state index in [1.807, 2.05) is 6.92 Å². The summed E-state index contributed by atoms with van der Waals surface area (Å²) in [5, 5.41) is 13.9. The van der Waals surface area contributed by atoms with Crippen LogP contribution in [0.1, 0.15) is 29.3 Å². The lowest BCUT2D eigenvalue weighted by atomic mass is 10.1. The van der Waals surface area contributed by atoms with E-state index in [-0.39, 0.29) is 36.5 Å². The Kier molecular flexibility index (Phi) is 8.75. The van der Waals surface area contributed by atoms with Crippen molar-refractivity contribution in [3.05, 3.63) is 69.8 Å². The molecule has 26 heavy (non-hydrogen) atoms. The highest BCUT2D eigenvalue weighted by Gasteiger charge is 2.09. The summed E-state index contributed by atoms with van der Waals surface area (Å²) in [6.07, 6.45) is 1.64. The number of nitrogens with one attached hydrogen (secondary N) is 1. The number of hydrogen-bond acceptors (Lipinski definition) is 5. The van der Waals surface area contributed by atoms with E-state index in [2.05, 4.69) is 5.32 Å². The van der Waals surface area contributed by atoms with E-state index in [9.17, 15) is 14.9 Å². The maximum Gasteiger partial charge on any atom is 0.269 e. The standard InChI is InChI=1S/C19H22N2O4.ClH/c1-14(3-4-15-5-9-17(10-6-15)21(23)24)20-13-19(22)16-7-11-18(25-2)12-8-16;/h5-12,14,20H,3-4,13H2,1-2H3;1H. The number of Topliss-reactive ketones (excluding diaryl/α,β-unsaturated/α-hetero) is 1. The summed E-state index contributed by atoms with van der Waals surface area (Å²) in [4.78, 5) is 22.4. The van der Waals surface area contributed by atoms with Gasteiger partial charge in [-0.15, -0.1) is 12.4 Å². The van der Waals surface area contributed by atoms with Crippen LogP contribution in [0.15, 0.2) is 48.5 Å². The predicted octanol–water partition coefficient (Wildman–Crippen LogP) is 3.82. The quantitative estimate of drug-likeness (QED) is 0.407. The van der Waals surface area contributed by atoms with Crippen LogP contribution >= 0.6 is 12.4 Å². The SMILES string of the molecule is COc1ccc(C(=O)CNC(C)CCc2ccc([N+](=O)[O-])cc2)cc1.Cl. The van der Waals surface area contributed by atoms with Crippen molar-refractivity contribution in [1.29, 1.82) is 0 Å². The lowest BCUT2D eigenvalue weighted by Gasteiger charge is -2.13. The second-order valence-corrected chi connectivity index (χ2v) is 5.90. The number of aryl methyl sites for hydroxylation is 1. The number of nitrogens with zero attached hydrogens (tertiary/aromatic N) is 1.